The van der Waals surface area contributed by atoms with Gasteiger partial charge in [-0.1, -0.05) is 6.07 Å². The van der Waals surface area contributed by atoms with Gasteiger partial charge in [0.15, 0.2) is 0 Å². The smallest absolute Gasteiger partial charge is 0.243 e. The van der Waals surface area contributed by atoms with Gasteiger partial charge in [0, 0.05) is 28.2 Å². The van der Waals surface area contributed by atoms with Crippen molar-refractivity contribution in [2.45, 2.75) is 30.9 Å². The molecule has 2 aromatic rings. The maximum absolute atomic E-state index is 12.5. The summed E-state index contributed by atoms with van der Waals surface area (Å²) in [5.74, 6) is 0. The fourth-order valence-electron chi connectivity index (χ4n) is 1.83. The summed E-state index contributed by atoms with van der Waals surface area (Å²) in [4.78, 5) is 2.08. The highest BCUT2D eigenvalue weighted by molar-refractivity contribution is 7.89. The Kier molecular flexibility index (Phi) is 4.98. The largest absolute Gasteiger partial charge is 0.391 e. The van der Waals surface area contributed by atoms with Crippen LogP contribution in [0, 0.1) is 0 Å². The van der Waals surface area contributed by atoms with Crippen LogP contribution in [0.1, 0.15) is 16.7 Å². The molecule has 110 valence electrons. The molecule has 1 N–H and O–H groups in total. The Morgan fingerprint density at radius 2 is 2.10 bits per heavy atom. The number of sulfonamides is 1. The zero-order chi connectivity index (χ0) is 14.8. The van der Waals surface area contributed by atoms with Crippen LogP contribution in [-0.4, -0.2) is 30.9 Å². The molecule has 2 rings (SSSR count). The highest BCUT2D eigenvalue weighted by Gasteiger charge is 2.26. The third kappa shape index (κ3) is 3.29. The van der Waals surface area contributed by atoms with E-state index >= 15 is 0 Å². The van der Waals surface area contributed by atoms with E-state index < -0.39 is 10.0 Å². The van der Waals surface area contributed by atoms with Crippen LogP contribution in [0.15, 0.2) is 33.9 Å². The first-order chi connectivity index (χ1) is 9.45. The average Bonchev–Trinajstić information content (AvgIpc) is 3.08. The summed E-state index contributed by atoms with van der Waals surface area (Å²) < 4.78 is 26.4. The minimum Gasteiger partial charge on any atom is -0.391 e. The minimum absolute atomic E-state index is 0.115. The Bertz CT molecular complexity index is 646. The van der Waals surface area contributed by atoms with E-state index in [2.05, 4.69) is 0 Å². The summed E-state index contributed by atoms with van der Waals surface area (Å²) in [6.07, 6.45) is 0.699. The quantitative estimate of drug-likeness (QED) is 0.885. The van der Waals surface area contributed by atoms with Crippen molar-refractivity contribution in [2.24, 2.45) is 0 Å². The van der Waals surface area contributed by atoms with Crippen LogP contribution in [0.4, 0.5) is 0 Å². The van der Waals surface area contributed by atoms with Crippen molar-refractivity contribution in [1.82, 2.24) is 4.31 Å². The molecule has 0 saturated heterocycles. The van der Waals surface area contributed by atoms with Crippen LogP contribution in [0.25, 0.3) is 0 Å². The van der Waals surface area contributed by atoms with E-state index in [1.54, 1.807) is 23.8 Å². The third-order valence-electron chi connectivity index (χ3n) is 3.16. The molecule has 0 saturated carbocycles. The molecule has 0 fully saturated rings. The van der Waals surface area contributed by atoms with Gasteiger partial charge in [0.1, 0.15) is 0 Å². The van der Waals surface area contributed by atoms with Gasteiger partial charge in [-0.3, -0.25) is 0 Å². The van der Waals surface area contributed by atoms with Crippen LogP contribution in [0.3, 0.4) is 0 Å². The lowest BCUT2D eigenvalue weighted by atomic mass is 10.2. The summed E-state index contributed by atoms with van der Waals surface area (Å²) in [6.45, 7) is 1.77. The molecule has 0 aliphatic carbocycles. The molecule has 1 unspecified atom stereocenters. The van der Waals surface area contributed by atoms with E-state index in [0.717, 1.165) is 0 Å². The van der Waals surface area contributed by atoms with Gasteiger partial charge in [0.2, 0.25) is 10.0 Å². The fourth-order valence-corrected chi connectivity index (χ4v) is 5.14. The standard InChI is InChI=1S/C13H17NO3S3/c1-10(6-11-4-3-5-18-11)14(2)20(16,17)13-7-12(8-15)19-9-13/h3-5,7,9-10,15H,6,8H2,1-2H3. The van der Waals surface area contributed by atoms with E-state index in [1.807, 2.05) is 24.4 Å². The lowest BCUT2D eigenvalue weighted by Gasteiger charge is -2.23. The number of likely N-dealkylation sites (N-methyl/N-ethyl adjacent to an activating group) is 1. The molecular weight excluding hydrogens is 314 g/mol. The summed E-state index contributed by atoms with van der Waals surface area (Å²) in [5.41, 5.74) is 0. The lowest BCUT2D eigenvalue weighted by molar-refractivity contribution is 0.285. The number of nitrogens with zero attached hydrogens (tertiary/aromatic N) is 1. The molecule has 2 heterocycles. The van der Waals surface area contributed by atoms with Crippen molar-refractivity contribution in [3.8, 4) is 0 Å². The normalized spacial score (nSPS) is 13.8. The molecule has 1 atom stereocenters. The highest BCUT2D eigenvalue weighted by atomic mass is 32.2. The maximum atomic E-state index is 12.5. The number of hydrogen-bond acceptors (Lipinski definition) is 5. The Morgan fingerprint density at radius 3 is 2.65 bits per heavy atom. The number of thiophene rings is 2. The average molecular weight is 331 g/mol. The molecule has 0 amide bonds. The summed E-state index contributed by atoms with van der Waals surface area (Å²) in [7, 11) is -1.89. The maximum Gasteiger partial charge on any atom is 0.243 e. The van der Waals surface area contributed by atoms with E-state index in [-0.39, 0.29) is 17.5 Å². The van der Waals surface area contributed by atoms with Gasteiger partial charge in [0.05, 0.1) is 11.5 Å². The van der Waals surface area contributed by atoms with Crippen molar-refractivity contribution in [3.63, 3.8) is 0 Å². The fraction of sp³-hybridized carbons (Fsp3) is 0.385. The molecule has 0 radical (unpaired) electrons. The molecule has 0 spiro atoms. The first kappa shape index (κ1) is 15.7. The Labute approximate surface area is 127 Å². The number of aliphatic hydroxyl groups excluding tert-OH is 1. The zero-order valence-corrected chi connectivity index (χ0v) is 13.8. The minimum atomic E-state index is -3.49. The van der Waals surface area contributed by atoms with Crippen molar-refractivity contribution in [1.29, 1.82) is 0 Å². The van der Waals surface area contributed by atoms with Crippen LogP contribution in [0.5, 0.6) is 0 Å². The first-order valence-electron chi connectivity index (χ1n) is 6.14. The number of hydrogen-bond donors (Lipinski definition) is 1. The monoisotopic (exact) mass is 331 g/mol. The van der Waals surface area contributed by atoms with Gasteiger partial charge < -0.3 is 5.11 Å². The Morgan fingerprint density at radius 1 is 1.35 bits per heavy atom. The topological polar surface area (TPSA) is 57.6 Å². The molecule has 7 heteroatoms. The highest BCUT2D eigenvalue weighted by Crippen LogP contribution is 2.24. The molecule has 2 aromatic heterocycles. The van der Waals surface area contributed by atoms with Crippen molar-refractivity contribution >= 4 is 32.7 Å². The van der Waals surface area contributed by atoms with Crippen LogP contribution in [-0.2, 0) is 23.1 Å². The third-order valence-corrected chi connectivity index (χ3v) is 7.08. The Hall–Kier alpha value is -0.730. The van der Waals surface area contributed by atoms with Crippen molar-refractivity contribution in [2.75, 3.05) is 7.05 Å². The van der Waals surface area contributed by atoms with E-state index in [1.165, 1.54) is 26.6 Å². The lowest BCUT2D eigenvalue weighted by Crippen LogP contribution is -2.36. The van der Waals surface area contributed by atoms with Gasteiger partial charge in [-0.25, -0.2) is 8.42 Å². The van der Waals surface area contributed by atoms with Crippen molar-refractivity contribution in [3.05, 3.63) is 38.7 Å². The van der Waals surface area contributed by atoms with Gasteiger partial charge in [-0.15, -0.1) is 22.7 Å². The SMILES string of the molecule is CC(Cc1cccs1)N(C)S(=O)(=O)c1csc(CO)c1. The van der Waals surface area contributed by atoms with Gasteiger partial charge in [-0.2, -0.15) is 4.31 Å². The second-order valence-electron chi connectivity index (χ2n) is 4.56. The molecule has 0 bridgehead atoms. The molecule has 4 nitrogen and oxygen atoms in total. The predicted molar refractivity (Wildman–Crippen MR) is 82.7 cm³/mol. The summed E-state index contributed by atoms with van der Waals surface area (Å²) in [5, 5.41) is 12.6. The van der Waals surface area contributed by atoms with E-state index in [4.69, 9.17) is 5.11 Å². The van der Waals surface area contributed by atoms with E-state index in [0.29, 0.717) is 11.3 Å². The van der Waals surface area contributed by atoms with Gasteiger partial charge in [-0.05, 0) is 30.9 Å². The zero-order valence-electron chi connectivity index (χ0n) is 11.3. The molecular formula is C13H17NO3S3. The second kappa shape index (κ2) is 6.36. The molecule has 0 aliphatic rings. The predicted octanol–water partition coefficient (Wildman–Crippen LogP) is 2.55. The second-order valence-corrected chi connectivity index (χ2v) is 8.59. The summed E-state index contributed by atoms with van der Waals surface area (Å²) >= 11 is 2.89. The molecule has 20 heavy (non-hydrogen) atoms. The van der Waals surface area contributed by atoms with E-state index in [9.17, 15) is 8.42 Å². The van der Waals surface area contributed by atoms with Crippen molar-refractivity contribution < 1.29 is 13.5 Å². The molecule has 0 aliphatic heterocycles. The Balaban J connectivity index is 2.15. The first-order valence-corrected chi connectivity index (χ1v) is 9.33. The molecule has 0 aromatic carbocycles. The number of aliphatic hydroxyl groups is 1. The van der Waals surface area contributed by atoms with Gasteiger partial charge in [0.25, 0.3) is 0 Å². The van der Waals surface area contributed by atoms with Gasteiger partial charge >= 0.3 is 0 Å². The number of rotatable bonds is 6. The van der Waals surface area contributed by atoms with Crippen LogP contribution >= 0.6 is 22.7 Å². The summed E-state index contributed by atoms with van der Waals surface area (Å²) in [6, 6.07) is 5.40. The van der Waals surface area contributed by atoms with Crippen LogP contribution < -0.4 is 0 Å². The van der Waals surface area contributed by atoms with Crippen LogP contribution in [0.2, 0.25) is 0 Å².